The maximum absolute atomic E-state index is 12.9. The van der Waals surface area contributed by atoms with Gasteiger partial charge in [0.15, 0.2) is 0 Å². The summed E-state index contributed by atoms with van der Waals surface area (Å²) in [6.07, 6.45) is 2.11. The number of benzene rings is 1. The molecule has 1 aromatic carbocycles. The lowest BCUT2D eigenvalue weighted by atomic mass is 10.1. The Bertz CT molecular complexity index is 525. The van der Waals surface area contributed by atoms with E-state index in [1.165, 1.54) is 12.3 Å². The highest BCUT2D eigenvalue weighted by atomic mass is 19.1. The van der Waals surface area contributed by atoms with E-state index in [-0.39, 0.29) is 11.9 Å². The number of hydrogen-bond donors (Lipinski definition) is 1. The highest BCUT2D eigenvalue weighted by molar-refractivity contribution is 5.47. The van der Waals surface area contributed by atoms with E-state index in [9.17, 15) is 4.39 Å². The van der Waals surface area contributed by atoms with E-state index in [4.69, 9.17) is 4.74 Å². The van der Waals surface area contributed by atoms with E-state index < -0.39 is 0 Å². The largest absolute Gasteiger partial charge is 0.494 e. The summed E-state index contributed by atoms with van der Waals surface area (Å²) < 4.78 is 18.3. The Morgan fingerprint density at radius 1 is 1.15 bits per heavy atom. The fourth-order valence-electron chi connectivity index (χ4n) is 1.99. The second kappa shape index (κ2) is 6.89. The number of nitrogens with zero attached hydrogens (tertiary/aromatic N) is 1. The topological polar surface area (TPSA) is 34.1 Å². The number of aromatic nitrogens is 1. The molecule has 0 saturated heterocycles. The molecule has 1 N–H and O–H groups in total. The molecule has 2 rings (SSSR count). The van der Waals surface area contributed by atoms with Gasteiger partial charge in [-0.2, -0.15) is 0 Å². The number of hydrogen-bond acceptors (Lipinski definition) is 3. The zero-order valence-electron chi connectivity index (χ0n) is 11.8. The average molecular weight is 274 g/mol. The van der Waals surface area contributed by atoms with Crippen molar-refractivity contribution in [2.75, 3.05) is 11.9 Å². The minimum absolute atomic E-state index is 0.0635. The molecule has 1 atom stereocenters. The summed E-state index contributed by atoms with van der Waals surface area (Å²) in [5.41, 5.74) is 1.83. The molecule has 0 fully saturated rings. The molecule has 1 heterocycles. The Hall–Kier alpha value is -2.10. The third-order valence-electron chi connectivity index (χ3n) is 3.02. The van der Waals surface area contributed by atoms with Crippen LogP contribution in [0.25, 0.3) is 0 Å². The number of anilines is 1. The molecule has 20 heavy (non-hydrogen) atoms. The Balaban J connectivity index is 2.07. The third kappa shape index (κ3) is 3.70. The highest BCUT2D eigenvalue weighted by Gasteiger charge is 2.10. The van der Waals surface area contributed by atoms with Gasteiger partial charge in [0.2, 0.25) is 0 Å². The first-order valence-electron chi connectivity index (χ1n) is 6.83. The van der Waals surface area contributed by atoms with Crippen LogP contribution in [0.3, 0.4) is 0 Å². The van der Waals surface area contributed by atoms with Crippen molar-refractivity contribution in [1.29, 1.82) is 0 Å². The molecular formula is C16H19FN2O. The SMILES string of the molecule is CCOc1ccc(NC(CC)c2ccc(F)cn2)cc1. The summed E-state index contributed by atoms with van der Waals surface area (Å²) in [6.45, 7) is 4.68. The molecule has 4 heteroatoms. The molecule has 0 aliphatic rings. The van der Waals surface area contributed by atoms with Crippen LogP contribution in [-0.4, -0.2) is 11.6 Å². The fraction of sp³-hybridized carbons (Fsp3) is 0.312. The molecule has 3 nitrogen and oxygen atoms in total. The molecule has 0 bridgehead atoms. The Kier molecular flexibility index (Phi) is 4.93. The fourth-order valence-corrected chi connectivity index (χ4v) is 1.99. The summed E-state index contributed by atoms with van der Waals surface area (Å²) >= 11 is 0. The van der Waals surface area contributed by atoms with Gasteiger partial charge in [0.05, 0.1) is 24.5 Å². The highest BCUT2D eigenvalue weighted by Crippen LogP contribution is 2.23. The molecule has 1 aromatic heterocycles. The van der Waals surface area contributed by atoms with Crippen LogP contribution in [0.15, 0.2) is 42.6 Å². The molecule has 0 radical (unpaired) electrons. The molecule has 1 unspecified atom stereocenters. The summed E-state index contributed by atoms with van der Waals surface area (Å²) in [5.74, 6) is 0.538. The van der Waals surface area contributed by atoms with Gasteiger partial charge in [0.1, 0.15) is 11.6 Å². The van der Waals surface area contributed by atoms with Crippen LogP contribution in [0.2, 0.25) is 0 Å². The zero-order chi connectivity index (χ0) is 14.4. The smallest absolute Gasteiger partial charge is 0.141 e. The first kappa shape index (κ1) is 14.3. The van der Waals surface area contributed by atoms with Gasteiger partial charge < -0.3 is 10.1 Å². The van der Waals surface area contributed by atoms with Crippen molar-refractivity contribution in [2.24, 2.45) is 0 Å². The lowest BCUT2D eigenvalue weighted by Crippen LogP contribution is -2.11. The number of rotatable bonds is 6. The van der Waals surface area contributed by atoms with Crippen molar-refractivity contribution in [3.05, 3.63) is 54.1 Å². The molecule has 2 aromatic rings. The van der Waals surface area contributed by atoms with Crippen molar-refractivity contribution < 1.29 is 9.13 Å². The van der Waals surface area contributed by atoms with Crippen molar-refractivity contribution in [1.82, 2.24) is 4.98 Å². The van der Waals surface area contributed by atoms with Crippen molar-refractivity contribution >= 4 is 5.69 Å². The summed E-state index contributed by atoms with van der Waals surface area (Å²) in [5, 5.41) is 3.39. The molecule has 0 amide bonds. The summed E-state index contributed by atoms with van der Waals surface area (Å²) in [7, 11) is 0. The van der Waals surface area contributed by atoms with Gasteiger partial charge in [-0.1, -0.05) is 6.92 Å². The van der Waals surface area contributed by atoms with Crippen LogP contribution in [0.5, 0.6) is 5.75 Å². The van der Waals surface area contributed by atoms with Crippen molar-refractivity contribution in [3.8, 4) is 5.75 Å². The van der Waals surface area contributed by atoms with Crippen LogP contribution >= 0.6 is 0 Å². The molecule has 0 aliphatic carbocycles. The molecular weight excluding hydrogens is 255 g/mol. The van der Waals surface area contributed by atoms with Gasteiger partial charge in [-0.05, 0) is 49.7 Å². The minimum atomic E-state index is -0.315. The molecule has 106 valence electrons. The predicted molar refractivity (Wildman–Crippen MR) is 78.5 cm³/mol. The van der Waals surface area contributed by atoms with Crippen molar-refractivity contribution in [2.45, 2.75) is 26.3 Å². The zero-order valence-corrected chi connectivity index (χ0v) is 11.8. The lowest BCUT2D eigenvalue weighted by Gasteiger charge is -2.18. The van der Waals surface area contributed by atoms with Crippen LogP contribution in [0.4, 0.5) is 10.1 Å². The molecule has 0 saturated carbocycles. The molecule has 0 aliphatic heterocycles. The maximum Gasteiger partial charge on any atom is 0.141 e. The first-order chi connectivity index (χ1) is 9.72. The summed E-state index contributed by atoms with van der Waals surface area (Å²) in [6, 6.07) is 11.0. The lowest BCUT2D eigenvalue weighted by molar-refractivity contribution is 0.340. The predicted octanol–water partition coefficient (Wildman–Crippen LogP) is 4.18. The van der Waals surface area contributed by atoms with Gasteiger partial charge in [-0.3, -0.25) is 4.98 Å². The minimum Gasteiger partial charge on any atom is -0.494 e. The van der Waals surface area contributed by atoms with Crippen LogP contribution in [0, 0.1) is 5.82 Å². The normalized spacial score (nSPS) is 11.9. The van der Waals surface area contributed by atoms with Gasteiger partial charge in [-0.25, -0.2) is 4.39 Å². The average Bonchev–Trinajstić information content (AvgIpc) is 2.48. The maximum atomic E-state index is 12.9. The number of nitrogens with one attached hydrogen (secondary N) is 1. The molecule has 0 spiro atoms. The van der Waals surface area contributed by atoms with Crippen molar-refractivity contribution in [3.63, 3.8) is 0 Å². The monoisotopic (exact) mass is 274 g/mol. The van der Waals surface area contributed by atoms with Crippen LogP contribution < -0.4 is 10.1 Å². The van der Waals surface area contributed by atoms with E-state index >= 15 is 0 Å². The van der Waals surface area contributed by atoms with E-state index in [0.717, 1.165) is 23.6 Å². The Morgan fingerprint density at radius 3 is 2.45 bits per heavy atom. The van der Waals surface area contributed by atoms with Gasteiger partial charge >= 0.3 is 0 Å². The van der Waals surface area contributed by atoms with Gasteiger partial charge in [0, 0.05) is 5.69 Å². The van der Waals surface area contributed by atoms with E-state index in [2.05, 4.69) is 17.2 Å². The van der Waals surface area contributed by atoms with Crippen LogP contribution in [0.1, 0.15) is 32.0 Å². The Morgan fingerprint density at radius 2 is 1.90 bits per heavy atom. The van der Waals surface area contributed by atoms with Crippen LogP contribution in [-0.2, 0) is 0 Å². The summed E-state index contributed by atoms with van der Waals surface area (Å²) in [4.78, 5) is 4.13. The van der Waals surface area contributed by atoms with E-state index in [1.807, 2.05) is 31.2 Å². The Labute approximate surface area is 118 Å². The second-order valence-corrected chi connectivity index (χ2v) is 4.46. The third-order valence-corrected chi connectivity index (χ3v) is 3.02. The van der Waals surface area contributed by atoms with E-state index in [0.29, 0.717) is 6.61 Å². The second-order valence-electron chi connectivity index (χ2n) is 4.46. The van der Waals surface area contributed by atoms with E-state index in [1.54, 1.807) is 6.07 Å². The van der Waals surface area contributed by atoms with Gasteiger partial charge in [-0.15, -0.1) is 0 Å². The van der Waals surface area contributed by atoms with Gasteiger partial charge in [0.25, 0.3) is 0 Å². The number of ether oxygens (including phenoxy) is 1. The first-order valence-corrected chi connectivity index (χ1v) is 6.83. The number of pyridine rings is 1. The number of halogens is 1. The quantitative estimate of drug-likeness (QED) is 0.858. The standard InChI is InChI=1S/C16H19FN2O/c1-3-15(16-10-5-12(17)11-18-16)19-13-6-8-14(9-7-13)20-4-2/h5-11,15,19H,3-4H2,1-2H3.